The number of ether oxygens (including phenoxy) is 1. The van der Waals surface area contributed by atoms with Crippen molar-refractivity contribution in [2.75, 3.05) is 13.2 Å². The van der Waals surface area contributed by atoms with Gasteiger partial charge >= 0.3 is 0 Å². The molecule has 6 heteroatoms. The first-order valence-corrected chi connectivity index (χ1v) is 7.97. The molecule has 1 aromatic heterocycles. The van der Waals surface area contributed by atoms with Crippen LogP contribution in [0.15, 0.2) is 30.5 Å². The largest absolute Gasteiger partial charge is 0.489 e. The van der Waals surface area contributed by atoms with E-state index < -0.39 is 6.10 Å². The number of halogens is 1. The van der Waals surface area contributed by atoms with Crippen LogP contribution in [0.2, 0.25) is 5.02 Å². The second kappa shape index (κ2) is 7.75. The van der Waals surface area contributed by atoms with Crippen LogP contribution in [0, 0.1) is 6.92 Å². The van der Waals surface area contributed by atoms with E-state index in [1.54, 1.807) is 23.5 Å². The van der Waals surface area contributed by atoms with E-state index in [0.717, 1.165) is 5.01 Å². The molecule has 21 heavy (non-hydrogen) atoms. The first kappa shape index (κ1) is 16.2. The third-order valence-electron chi connectivity index (χ3n) is 2.94. The number of hydrogen-bond donors (Lipinski definition) is 2. The van der Waals surface area contributed by atoms with Crippen LogP contribution in [-0.2, 0) is 0 Å². The van der Waals surface area contributed by atoms with Crippen molar-refractivity contribution in [1.29, 1.82) is 0 Å². The Kier molecular flexibility index (Phi) is 5.99. The van der Waals surface area contributed by atoms with Gasteiger partial charge in [0.25, 0.3) is 0 Å². The lowest BCUT2D eigenvalue weighted by molar-refractivity contribution is 0.104. The molecule has 2 atom stereocenters. The van der Waals surface area contributed by atoms with Gasteiger partial charge in [-0.1, -0.05) is 23.7 Å². The molecule has 0 fully saturated rings. The number of para-hydroxylation sites is 1. The van der Waals surface area contributed by atoms with Crippen LogP contribution in [0.25, 0.3) is 0 Å². The van der Waals surface area contributed by atoms with Gasteiger partial charge in [0.1, 0.15) is 23.5 Å². The summed E-state index contributed by atoms with van der Waals surface area (Å²) in [5.74, 6) is 0.585. The molecule has 0 amide bonds. The van der Waals surface area contributed by atoms with Gasteiger partial charge in [-0.3, -0.25) is 0 Å². The first-order valence-electron chi connectivity index (χ1n) is 6.77. The van der Waals surface area contributed by atoms with Crippen LogP contribution in [-0.4, -0.2) is 29.3 Å². The van der Waals surface area contributed by atoms with Crippen molar-refractivity contribution >= 4 is 22.9 Å². The summed E-state index contributed by atoms with van der Waals surface area (Å²) < 4.78 is 5.51. The molecule has 0 bridgehead atoms. The van der Waals surface area contributed by atoms with E-state index in [1.807, 2.05) is 32.2 Å². The van der Waals surface area contributed by atoms with Gasteiger partial charge < -0.3 is 15.2 Å². The molecule has 2 aromatic rings. The van der Waals surface area contributed by atoms with Crippen molar-refractivity contribution in [2.45, 2.75) is 26.0 Å². The summed E-state index contributed by atoms with van der Waals surface area (Å²) in [4.78, 5) is 5.51. The van der Waals surface area contributed by atoms with Gasteiger partial charge in [0.05, 0.1) is 11.1 Å². The van der Waals surface area contributed by atoms with Crippen LogP contribution in [0.5, 0.6) is 5.75 Å². The second-order valence-electron chi connectivity index (χ2n) is 4.83. The maximum Gasteiger partial charge on any atom is 0.138 e. The van der Waals surface area contributed by atoms with Crippen molar-refractivity contribution in [3.8, 4) is 5.75 Å². The fourth-order valence-corrected chi connectivity index (χ4v) is 2.77. The van der Waals surface area contributed by atoms with Crippen LogP contribution >= 0.6 is 22.9 Å². The number of aliphatic hydroxyl groups excluding tert-OH is 1. The average molecular weight is 327 g/mol. The number of thiazole rings is 1. The summed E-state index contributed by atoms with van der Waals surface area (Å²) in [5.41, 5.74) is 0. The van der Waals surface area contributed by atoms with E-state index in [0.29, 0.717) is 17.3 Å². The molecule has 4 nitrogen and oxygen atoms in total. The van der Waals surface area contributed by atoms with Gasteiger partial charge in [0.2, 0.25) is 0 Å². The molecular weight excluding hydrogens is 308 g/mol. The third kappa shape index (κ3) is 4.97. The predicted octanol–water partition coefficient (Wildman–Crippen LogP) is 3.20. The van der Waals surface area contributed by atoms with Gasteiger partial charge in [-0.05, 0) is 26.0 Å². The van der Waals surface area contributed by atoms with Crippen LogP contribution < -0.4 is 10.1 Å². The summed E-state index contributed by atoms with van der Waals surface area (Å²) in [7, 11) is 0. The highest BCUT2D eigenvalue weighted by molar-refractivity contribution is 7.11. The lowest BCUT2D eigenvalue weighted by Gasteiger charge is -2.16. The number of rotatable bonds is 7. The Morgan fingerprint density at radius 3 is 2.86 bits per heavy atom. The number of hydrogen-bond acceptors (Lipinski definition) is 5. The number of aromatic nitrogens is 1. The minimum absolute atomic E-state index is 0.110. The summed E-state index contributed by atoms with van der Waals surface area (Å²) in [5, 5.41) is 14.8. The lowest BCUT2D eigenvalue weighted by Crippen LogP contribution is -2.33. The average Bonchev–Trinajstić information content (AvgIpc) is 2.90. The molecule has 0 spiro atoms. The normalized spacial score (nSPS) is 13.9. The molecule has 0 aliphatic rings. The first-order chi connectivity index (χ1) is 10.1. The zero-order chi connectivity index (χ0) is 15.2. The van der Waals surface area contributed by atoms with E-state index in [2.05, 4.69) is 10.3 Å². The van der Waals surface area contributed by atoms with Gasteiger partial charge in [0.15, 0.2) is 0 Å². The highest BCUT2D eigenvalue weighted by atomic mass is 35.5. The predicted molar refractivity (Wildman–Crippen MR) is 86.2 cm³/mol. The molecule has 2 rings (SSSR count). The van der Waals surface area contributed by atoms with Gasteiger partial charge in [-0.15, -0.1) is 11.3 Å². The molecular formula is C15H19ClN2O2S. The Hall–Kier alpha value is -1.14. The van der Waals surface area contributed by atoms with E-state index in [-0.39, 0.29) is 12.6 Å². The Labute approximate surface area is 133 Å². The van der Waals surface area contributed by atoms with Crippen molar-refractivity contribution in [3.05, 3.63) is 45.4 Å². The Bertz CT molecular complexity index is 576. The molecule has 0 radical (unpaired) electrons. The van der Waals surface area contributed by atoms with E-state index in [4.69, 9.17) is 16.3 Å². The van der Waals surface area contributed by atoms with Crippen LogP contribution in [0.3, 0.4) is 0 Å². The molecule has 0 aliphatic heterocycles. The molecule has 0 aliphatic carbocycles. The SMILES string of the molecule is Cc1cnc(C(C)NCC(O)COc2ccccc2Cl)s1. The van der Waals surface area contributed by atoms with Crippen molar-refractivity contribution in [3.63, 3.8) is 0 Å². The summed E-state index contributed by atoms with van der Waals surface area (Å²) in [6, 6.07) is 7.33. The van der Waals surface area contributed by atoms with Crippen LogP contribution in [0.4, 0.5) is 0 Å². The minimum Gasteiger partial charge on any atom is -0.489 e. The zero-order valence-corrected chi connectivity index (χ0v) is 13.6. The topological polar surface area (TPSA) is 54.4 Å². The number of benzene rings is 1. The Morgan fingerprint density at radius 1 is 1.43 bits per heavy atom. The van der Waals surface area contributed by atoms with E-state index in [9.17, 15) is 5.11 Å². The van der Waals surface area contributed by atoms with Crippen molar-refractivity contribution < 1.29 is 9.84 Å². The summed E-state index contributed by atoms with van der Waals surface area (Å²) in [6.07, 6.45) is 1.25. The van der Waals surface area contributed by atoms with Crippen molar-refractivity contribution in [1.82, 2.24) is 10.3 Å². The summed E-state index contributed by atoms with van der Waals surface area (Å²) in [6.45, 7) is 4.69. The number of aryl methyl sites for hydroxylation is 1. The van der Waals surface area contributed by atoms with Crippen LogP contribution in [0.1, 0.15) is 22.9 Å². The maximum atomic E-state index is 9.95. The van der Waals surface area contributed by atoms with E-state index >= 15 is 0 Å². The standard InChI is InChI=1S/C15H19ClN2O2S/c1-10-7-18-15(21-10)11(2)17-8-12(19)9-20-14-6-4-3-5-13(14)16/h3-7,11-12,17,19H,8-9H2,1-2H3. The van der Waals surface area contributed by atoms with Gasteiger partial charge in [-0.25, -0.2) is 4.98 Å². The molecule has 1 heterocycles. The summed E-state index contributed by atoms with van der Waals surface area (Å²) >= 11 is 7.64. The molecule has 0 saturated heterocycles. The van der Waals surface area contributed by atoms with Crippen molar-refractivity contribution in [2.24, 2.45) is 0 Å². The Balaban J connectivity index is 1.75. The third-order valence-corrected chi connectivity index (χ3v) is 4.34. The van der Waals surface area contributed by atoms with Gasteiger partial charge in [0, 0.05) is 17.6 Å². The minimum atomic E-state index is -0.607. The number of aliphatic hydroxyl groups is 1. The molecule has 0 saturated carbocycles. The zero-order valence-electron chi connectivity index (χ0n) is 12.0. The molecule has 2 N–H and O–H groups in total. The molecule has 2 unspecified atom stereocenters. The fraction of sp³-hybridized carbons (Fsp3) is 0.400. The highest BCUT2D eigenvalue weighted by Crippen LogP contribution is 2.23. The number of nitrogens with one attached hydrogen (secondary N) is 1. The second-order valence-corrected chi connectivity index (χ2v) is 6.51. The lowest BCUT2D eigenvalue weighted by atomic mass is 10.3. The Morgan fingerprint density at radius 2 is 2.19 bits per heavy atom. The quantitative estimate of drug-likeness (QED) is 0.820. The molecule has 1 aromatic carbocycles. The number of nitrogens with zero attached hydrogens (tertiary/aromatic N) is 1. The smallest absolute Gasteiger partial charge is 0.138 e. The maximum absolute atomic E-state index is 9.95. The highest BCUT2D eigenvalue weighted by Gasteiger charge is 2.12. The van der Waals surface area contributed by atoms with Gasteiger partial charge in [-0.2, -0.15) is 0 Å². The molecule has 114 valence electrons. The fourth-order valence-electron chi connectivity index (χ4n) is 1.78. The van der Waals surface area contributed by atoms with E-state index in [1.165, 1.54) is 4.88 Å². The monoisotopic (exact) mass is 326 g/mol.